The largest absolute Gasteiger partial charge is 0.497 e. The normalized spacial score (nSPS) is 16.2. The predicted molar refractivity (Wildman–Crippen MR) is 120 cm³/mol. The van der Waals surface area contributed by atoms with Crippen molar-refractivity contribution in [3.05, 3.63) is 71.5 Å². The standard InChI is InChI=1S/C24H25FN4O4/c1-15-20(23-27-22(28-33-23)17-5-9-18(25)10-6-17)21(16-7-11-19(32-3)12-8-16)26-24(30)29(15)13-4-14-31-2/h5-12,21H,4,13-14H2,1-3H3,(H,26,30). The van der Waals surface area contributed by atoms with Gasteiger partial charge in [0.1, 0.15) is 11.6 Å². The maximum absolute atomic E-state index is 13.3. The Bertz CT molecular complexity index is 1140. The van der Waals surface area contributed by atoms with Crippen molar-refractivity contribution < 1.29 is 23.2 Å². The maximum Gasteiger partial charge on any atom is 0.322 e. The van der Waals surface area contributed by atoms with Crippen molar-refractivity contribution in [3.63, 3.8) is 0 Å². The molecular weight excluding hydrogens is 427 g/mol. The lowest BCUT2D eigenvalue weighted by Crippen LogP contribution is -2.46. The summed E-state index contributed by atoms with van der Waals surface area (Å²) in [5, 5.41) is 7.14. The Kier molecular flexibility index (Phi) is 6.69. The number of carbonyl (C=O) groups excluding carboxylic acids is 1. The Morgan fingerprint density at radius 2 is 1.85 bits per heavy atom. The SMILES string of the molecule is COCCCN1C(=O)NC(c2ccc(OC)cc2)C(c2nc(-c3ccc(F)cc3)no2)=C1C. The Hall–Kier alpha value is -3.72. The number of halogens is 1. The summed E-state index contributed by atoms with van der Waals surface area (Å²) in [6.45, 7) is 2.87. The highest BCUT2D eigenvalue weighted by Crippen LogP contribution is 2.37. The van der Waals surface area contributed by atoms with E-state index in [0.717, 1.165) is 5.56 Å². The van der Waals surface area contributed by atoms with E-state index in [9.17, 15) is 9.18 Å². The van der Waals surface area contributed by atoms with Gasteiger partial charge in [-0.2, -0.15) is 4.98 Å². The molecule has 172 valence electrons. The molecule has 9 heteroatoms. The topological polar surface area (TPSA) is 89.7 Å². The van der Waals surface area contributed by atoms with Gasteiger partial charge in [0.25, 0.3) is 5.89 Å². The second kappa shape index (κ2) is 9.83. The molecule has 1 aliphatic heterocycles. The number of aromatic nitrogens is 2. The second-order valence-corrected chi connectivity index (χ2v) is 7.58. The number of amides is 2. The molecule has 0 spiro atoms. The molecule has 2 aromatic carbocycles. The van der Waals surface area contributed by atoms with E-state index < -0.39 is 6.04 Å². The van der Waals surface area contributed by atoms with Crippen molar-refractivity contribution in [2.24, 2.45) is 0 Å². The summed E-state index contributed by atoms with van der Waals surface area (Å²) in [5.74, 6) is 0.981. The lowest BCUT2D eigenvalue weighted by Gasteiger charge is -2.35. The van der Waals surface area contributed by atoms with E-state index in [-0.39, 0.29) is 17.7 Å². The van der Waals surface area contributed by atoms with Gasteiger partial charge in [-0.15, -0.1) is 0 Å². The number of allylic oxidation sites excluding steroid dienone is 1. The zero-order valence-corrected chi connectivity index (χ0v) is 18.7. The number of benzene rings is 2. The molecule has 2 heterocycles. The Morgan fingerprint density at radius 3 is 2.52 bits per heavy atom. The van der Waals surface area contributed by atoms with Gasteiger partial charge in [-0.05, 0) is 55.3 Å². The third-order valence-electron chi connectivity index (χ3n) is 5.53. The van der Waals surface area contributed by atoms with Crippen molar-refractivity contribution in [1.82, 2.24) is 20.4 Å². The van der Waals surface area contributed by atoms with Crippen LogP contribution in [0.3, 0.4) is 0 Å². The number of urea groups is 1. The van der Waals surface area contributed by atoms with E-state index in [0.29, 0.717) is 48.0 Å². The van der Waals surface area contributed by atoms with E-state index in [1.807, 2.05) is 31.2 Å². The van der Waals surface area contributed by atoms with Crippen LogP contribution >= 0.6 is 0 Å². The fourth-order valence-corrected chi connectivity index (χ4v) is 3.79. The third-order valence-corrected chi connectivity index (χ3v) is 5.53. The van der Waals surface area contributed by atoms with Crippen LogP contribution in [0.1, 0.15) is 30.8 Å². The quantitative estimate of drug-likeness (QED) is 0.509. The van der Waals surface area contributed by atoms with Gasteiger partial charge in [-0.1, -0.05) is 17.3 Å². The highest BCUT2D eigenvalue weighted by molar-refractivity contribution is 5.86. The fourth-order valence-electron chi connectivity index (χ4n) is 3.79. The average Bonchev–Trinajstić information content (AvgIpc) is 3.31. The number of nitrogens with zero attached hydrogens (tertiary/aromatic N) is 3. The first kappa shape index (κ1) is 22.5. The number of rotatable bonds is 8. The van der Waals surface area contributed by atoms with E-state index >= 15 is 0 Å². The summed E-state index contributed by atoms with van der Waals surface area (Å²) < 4.78 is 29.3. The van der Waals surface area contributed by atoms with Crippen molar-refractivity contribution >= 4 is 11.6 Å². The first-order valence-corrected chi connectivity index (χ1v) is 10.5. The van der Waals surface area contributed by atoms with Crippen molar-refractivity contribution in [1.29, 1.82) is 0 Å². The minimum atomic E-state index is -0.497. The molecule has 0 fully saturated rings. The van der Waals surface area contributed by atoms with Gasteiger partial charge >= 0.3 is 6.03 Å². The zero-order chi connectivity index (χ0) is 23.4. The summed E-state index contributed by atoms with van der Waals surface area (Å²) in [6.07, 6.45) is 0.673. The van der Waals surface area contributed by atoms with Crippen LogP contribution in [0.25, 0.3) is 17.0 Å². The summed E-state index contributed by atoms with van der Waals surface area (Å²) in [5.41, 5.74) is 2.88. The number of ether oxygens (including phenoxy) is 2. The Morgan fingerprint density at radius 1 is 1.12 bits per heavy atom. The molecular formula is C24H25FN4O4. The summed E-state index contributed by atoms with van der Waals surface area (Å²) in [7, 11) is 3.22. The van der Waals surface area contributed by atoms with E-state index in [4.69, 9.17) is 14.0 Å². The molecule has 0 saturated heterocycles. The Labute approximate surface area is 191 Å². The van der Waals surface area contributed by atoms with Gasteiger partial charge in [0.15, 0.2) is 0 Å². The van der Waals surface area contributed by atoms with Gasteiger partial charge in [-0.3, -0.25) is 4.90 Å². The molecule has 0 bridgehead atoms. The van der Waals surface area contributed by atoms with Gasteiger partial charge in [0.2, 0.25) is 5.82 Å². The van der Waals surface area contributed by atoms with Crippen molar-refractivity contribution in [2.45, 2.75) is 19.4 Å². The predicted octanol–water partition coefficient (Wildman–Crippen LogP) is 4.42. The summed E-state index contributed by atoms with van der Waals surface area (Å²) >= 11 is 0. The van der Waals surface area contributed by atoms with E-state index in [1.54, 1.807) is 31.3 Å². The fraction of sp³-hybridized carbons (Fsp3) is 0.292. The molecule has 0 aliphatic carbocycles. The minimum absolute atomic E-state index is 0.216. The number of methoxy groups -OCH3 is 2. The summed E-state index contributed by atoms with van der Waals surface area (Å²) in [4.78, 5) is 19.2. The second-order valence-electron chi connectivity index (χ2n) is 7.58. The van der Waals surface area contributed by atoms with Crippen LogP contribution in [-0.2, 0) is 4.74 Å². The molecule has 4 rings (SSSR count). The minimum Gasteiger partial charge on any atom is -0.497 e. The highest BCUT2D eigenvalue weighted by atomic mass is 19.1. The third kappa shape index (κ3) is 4.73. The zero-order valence-electron chi connectivity index (χ0n) is 18.7. The van der Waals surface area contributed by atoms with E-state index in [1.165, 1.54) is 12.1 Å². The molecule has 0 saturated carbocycles. The van der Waals surface area contributed by atoms with Crippen LogP contribution in [0.15, 0.2) is 58.8 Å². The highest BCUT2D eigenvalue weighted by Gasteiger charge is 2.35. The average molecular weight is 452 g/mol. The lowest BCUT2D eigenvalue weighted by atomic mass is 9.94. The maximum atomic E-state index is 13.3. The van der Waals surface area contributed by atoms with Crippen LogP contribution in [0.2, 0.25) is 0 Å². The molecule has 1 aromatic heterocycles. The number of carbonyl (C=O) groups is 1. The summed E-state index contributed by atoms with van der Waals surface area (Å²) in [6, 6.07) is 12.6. The molecule has 1 N–H and O–H groups in total. The number of hydrogen-bond donors (Lipinski definition) is 1. The van der Waals surface area contributed by atoms with Gasteiger partial charge in [0, 0.05) is 31.5 Å². The van der Waals surface area contributed by atoms with Crippen LogP contribution < -0.4 is 10.1 Å². The first-order valence-electron chi connectivity index (χ1n) is 10.5. The number of hydrogen-bond acceptors (Lipinski definition) is 6. The van der Waals surface area contributed by atoms with Gasteiger partial charge < -0.3 is 19.3 Å². The molecule has 2 amide bonds. The van der Waals surface area contributed by atoms with Crippen LogP contribution in [-0.4, -0.2) is 48.4 Å². The van der Waals surface area contributed by atoms with Crippen LogP contribution in [0.5, 0.6) is 5.75 Å². The molecule has 33 heavy (non-hydrogen) atoms. The molecule has 0 radical (unpaired) electrons. The molecule has 1 unspecified atom stereocenters. The molecule has 3 aromatic rings. The van der Waals surface area contributed by atoms with E-state index in [2.05, 4.69) is 15.5 Å². The molecule has 1 aliphatic rings. The smallest absolute Gasteiger partial charge is 0.322 e. The van der Waals surface area contributed by atoms with Crippen LogP contribution in [0.4, 0.5) is 9.18 Å². The molecule has 1 atom stereocenters. The Balaban J connectivity index is 1.75. The lowest BCUT2D eigenvalue weighted by molar-refractivity contribution is 0.174. The van der Waals surface area contributed by atoms with Crippen LogP contribution in [0, 0.1) is 5.82 Å². The van der Waals surface area contributed by atoms with Gasteiger partial charge in [0.05, 0.1) is 18.7 Å². The number of nitrogens with one attached hydrogen (secondary N) is 1. The molecule has 8 nitrogen and oxygen atoms in total. The first-order chi connectivity index (χ1) is 16.0. The van der Waals surface area contributed by atoms with Crippen molar-refractivity contribution in [2.75, 3.05) is 27.4 Å². The van der Waals surface area contributed by atoms with Gasteiger partial charge in [-0.25, -0.2) is 9.18 Å². The van der Waals surface area contributed by atoms with Crippen molar-refractivity contribution in [3.8, 4) is 17.1 Å². The monoisotopic (exact) mass is 452 g/mol.